The third-order valence-electron chi connectivity index (χ3n) is 2.48. The van der Waals surface area contributed by atoms with Crippen LogP contribution in [0.3, 0.4) is 0 Å². The van der Waals surface area contributed by atoms with Crippen LogP contribution in [0.1, 0.15) is 21.5 Å². The highest BCUT2D eigenvalue weighted by Gasteiger charge is 2.19. The maximum atomic E-state index is 12.4. The minimum Gasteiger partial charge on any atom is -0.395 e. The van der Waals surface area contributed by atoms with Crippen LogP contribution in [0, 0.1) is 13.8 Å². The molecule has 0 aliphatic carbocycles. The molecule has 100 valence electrons. The number of carbonyl (C=O) groups excluding carboxylic acids is 1. The Hall–Kier alpha value is -1.49. The summed E-state index contributed by atoms with van der Waals surface area (Å²) in [5.41, 5.74) is 2.18. The van der Waals surface area contributed by atoms with E-state index in [1.807, 2.05) is 19.9 Å². The van der Waals surface area contributed by atoms with Gasteiger partial charge in [-0.1, -0.05) is 17.2 Å². The fourth-order valence-corrected chi connectivity index (χ4v) is 1.84. The van der Waals surface area contributed by atoms with E-state index in [-0.39, 0.29) is 13.2 Å². The zero-order valence-electron chi connectivity index (χ0n) is 10.5. The Morgan fingerprint density at radius 1 is 1.28 bits per heavy atom. The summed E-state index contributed by atoms with van der Waals surface area (Å²) in [5.74, 6) is -0.476. The van der Waals surface area contributed by atoms with Crippen molar-refractivity contribution in [1.29, 1.82) is 0 Å². The number of aliphatic hydroxyl groups excluding tert-OH is 1. The predicted octanol–water partition coefficient (Wildman–Crippen LogP) is 2.00. The summed E-state index contributed by atoms with van der Waals surface area (Å²) in [7, 11) is 0. The van der Waals surface area contributed by atoms with E-state index >= 15 is 0 Å². The van der Waals surface area contributed by atoms with Gasteiger partial charge in [0.1, 0.15) is 0 Å². The van der Waals surface area contributed by atoms with E-state index in [9.17, 15) is 13.6 Å². The maximum Gasteiger partial charge on any atom is 0.255 e. The Bertz CT molecular complexity index is 401. The summed E-state index contributed by atoms with van der Waals surface area (Å²) >= 11 is 0. The fourth-order valence-electron chi connectivity index (χ4n) is 1.84. The van der Waals surface area contributed by atoms with Crippen LogP contribution in [0.25, 0.3) is 0 Å². The van der Waals surface area contributed by atoms with Gasteiger partial charge in [0.25, 0.3) is 12.3 Å². The van der Waals surface area contributed by atoms with E-state index in [2.05, 4.69) is 0 Å². The molecule has 0 fully saturated rings. The second-order valence-corrected chi connectivity index (χ2v) is 4.24. The number of nitrogens with zero attached hydrogens (tertiary/aromatic N) is 1. The number of rotatable bonds is 5. The lowest BCUT2D eigenvalue weighted by molar-refractivity contribution is 0.0509. The van der Waals surface area contributed by atoms with Crippen molar-refractivity contribution in [2.24, 2.45) is 0 Å². The third-order valence-corrected chi connectivity index (χ3v) is 2.48. The smallest absolute Gasteiger partial charge is 0.255 e. The van der Waals surface area contributed by atoms with Gasteiger partial charge in [-0.2, -0.15) is 0 Å². The van der Waals surface area contributed by atoms with Crippen molar-refractivity contribution in [2.75, 3.05) is 19.7 Å². The second-order valence-electron chi connectivity index (χ2n) is 4.24. The van der Waals surface area contributed by atoms with Gasteiger partial charge in [0.2, 0.25) is 0 Å². The lowest BCUT2D eigenvalue weighted by Gasteiger charge is -2.21. The lowest BCUT2D eigenvalue weighted by Crippen LogP contribution is -2.37. The van der Waals surface area contributed by atoms with Crippen LogP contribution in [-0.2, 0) is 0 Å². The van der Waals surface area contributed by atoms with Crippen LogP contribution in [0.4, 0.5) is 8.78 Å². The molecule has 0 heterocycles. The number of hydrogen-bond donors (Lipinski definition) is 1. The standard InChI is InChI=1S/C13H17F2NO2/c1-9-5-10(2)7-11(6-9)13(18)16(3-4-17)8-12(14)15/h5-7,12,17H,3-4,8H2,1-2H3. The Kier molecular flexibility index (Phi) is 5.22. The van der Waals surface area contributed by atoms with Crippen LogP contribution in [0.5, 0.6) is 0 Å². The number of aryl methyl sites for hydroxylation is 2. The molecule has 0 saturated carbocycles. The van der Waals surface area contributed by atoms with E-state index in [1.165, 1.54) is 0 Å². The Morgan fingerprint density at radius 3 is 2.28 bits per heavy atom. The first-order valence-electron chi connectivity index (χ1n) is 5.70. The molecule has 1 aromatic carbocycles. The summed E-state index contributed by atoms with van der Waals surface area (Å²) in [5, 5.41) is 8.82. The van der Waals surface area contributed by atoms with Crippen molar-refractivity contribution in [2.45, 2.75) is 20.3 Å². The molecule has 1 N–H and O–H groups in total. The largest absolute Gasteiger partial charge is 0.395 e. The molecule has 1 aromatic rings. The molecule has 0 aromatic heterocycles. The topological polar surface area (TPSA) is 40.5 Å². The minimum atomic E-state index is -2.61. The van der Waals surface area contributed by atoms with Gasteiger partial charge in [-0.3, -0.25) is 4.79 Å². The van der Waals surface area contributed by atoms with Crippen molar-refractivity contribution < 1.29 is 18.7 Å². The Morgan fingerprint density at radius 2 is 1.83 bits per heavy atom. The Balaban J connectivity index is 2.93. The molecule has 0 aliphatic rings. The first-order valence-corrected chi connectivity index (χ1v) is 5.70. The number of benzene rings is 1. The van der Waals surface area contributed by atoms with Gasteiger partial charge in [0.15, 0.2) is 0 Å². The van der Waals surface area contributed by atoms with Crippen LogP contribution >= 0.6 is 0 Å². The van der Waals surface area contributed by atoms with Gasteiger partial charge in [-0.25, -0.2) is 8.78 Å². The van der Waals surface area contributed by atoms with Crippen molar-refractivity contribution in [3.8, 4) is 0 Å². The molecule has 0 bridgehead atoms. The number of aliphatic hydroxyl groups is 1. The number of halogens is 2. The molecule has 0 unspecified atom stereocenters. The molecule has 1 amide bonds. The number of carbonyl (C=O) groups is 1. The number of amides is 1. The van der Waals surface area contributed by atoms with Crippen LogP contribution in [-0.4, -0.2) is 42.0 Å². The van der Waals surface area contributed by atoms with Crippen molar-refractivity contribution in [3.63, 3.8) is 0 Å². The highest BCUT2D eigenvalue weighted by molar-refractivity contribution is 5.94. The van der Waals surface area contributed by atoms with Gasteiger partial charge < -0.3 is 10.0 Å². The normalized spacial score (nSPS) is 10.8. The molecule has 3 nitrogen and oxygen atoms in total. The van der Waals surface area contributed by atoms with E-state index in [0.29, 0.717) is 5.56 Å². The van der Waals surface area contributed by atoms with Crippen LogP contribution in [0.2, 0.25) is 0 Å². The molecule has 0 aliphatic heterocycles. The SMILES string of the molecule is Cc1cc(C)cc(C(=O)N(CCO)CC(F)F)c1. The van der Waals surface area contributed by atoms with Gasteiger partial charge >= 0.3 is 0 Å². The van der Waals surface area contributed by atoms with Gasteiger partial charge in [0, 0.05) is 12.1 Å². The third kappa shape index (κ3) is 4.07. The molecule has 5 heteroatoms. The molecule has 1 rings (SSSR count). The average Bonchev–Trinajstić information content (AvgIpc) is 2.25. The highest BCUT2D eigenvalue weighted by atomic mass is 19.3. The summed E-state index contributed by atoms with van der Waals surface area (Å²) in [6.45, 7) is 2.60. The summed E-state index contributed by atoms with van der Waals surface area (Å²) in [4.78, 5) is 13.0. The van der Waals surface area contributed by atoms with Crippen LogP contribution < -0.4 is 0 Å². The highest BCUT2D eigenvalue weighted by Crippen LogP contribution is 2.12. The number of hydrogen-bond acceptors (Lipinski definition) is 2. The second kappa shape index (κ2) is 6.44. The van der Waals surface area contributed by atoms with Crippen molar-refractivity contribution in [1.82, 2.24) is 4.90 Å². The summed E-state index contributed by atoms with van der Waals surface area (Å²) < 4.78 is 24.7. The quantitative estimate of drug-likeness (QED) is 0.876. The predicted molar refractivity (Wildman–Crippen MR) is 64.9 cm³/mol. The zero-order chi connectivity index (χ0) is 13.7. The Labute approximate surface area is 105 Å². The average molecular weight is 257 g/mol. The van der Waals surface area contributed by atoms with Crippen LogP contribution in [0.15, 0.2) is 18.2 Å². The molecular formula is C13H17F2NO2. The van der Waals surface area contributed by atoms with E-state index < -0.39 is 18.9 Å². The zero-order valence-corrected chi connectivity index (χ0v) is 10.5. The summed E-state index contributed by atoms with van der Waals surface area (Å²) in [6, 6.07) is 5.22. The van der Waals surface area contributed by atoms with Crippen molar-refractivity contribution >= 4 is 5.91 Å². The van der Waals surface area contributed by atoms with E-state index in [4.69, 9.17) is 5.11 Å². The minimum absolute atomic E-state index is 0.0871. The fraction of sp³-hybridized carbons (Fsp3) is 0.462. The molecule has 18 heavy (non-hydrogen) atoms. The van der Waals surface area contributed by atoms with Gasteiger partial charge in [-0.05, 0) is 26.0 Å². The van der Waals surface area contributed by atoms with Gasteiger partial charge in [0.05, 0.1) is 13.2 Å². The number of alkyl halides is 2. The molecule has 0 saturated heterocycles. The molecule has 0 spiro atoms. The summed E-state index contributed by atoms with van der Waals surface area (Å²) in [6.07, 6.45) is -2.61. The molecular weight excluding hydrogens is 240 g/mol. The molecule has 0 radical (unpaired) electrons. The first kappa shape index (κ1) is 14.6. The maximum absolute atomic E-state index is 12.4. The molecule has 0 atom stereocenters. The van der Waals surface area contributed by atoms with E-state index in [1.54, 1.807) is 12.1 Å². The van der Waals surface area contributed by atoms with E-state index in [0.717, 1.165) is 16.0 Å². The monoisotopic (exact) mass is 257 g/mol. The van der Waals surface area contributed by atoms with Gasteiger partial charge in [-0.15, -0.1) is 0 Å². The van der Waals surface area contributed by atoms with Crippen molar-refractivity contribution in [3.05, 3.63) is 34.9 Å². The lowest BCUT2D eigenvalue weighted by atomic mass is 10.1. The first-order chi connectivity index (χ1) is 8.43.